The first-order chi connectivity index (χ1) is 13.5. The fraction of sp³-hybridized carbons (Fsp3) is 0.348. The van der Waals surface area contributed by atoms with E-state index < -0.39 is 28.7 Å². The molecule has 0 heterocycles. The van der Waals surface area contributed by atoms with Gasteiger partial charge in [0.2, 0.25) is 17.7 Å². The van der Waals surface area contributed by atoms with Gasteiger partial charge < -0.3 is 16.0 Å². The highest BCUT2D eigenvalue weighted by Crippen LogP contribution is 2.31. The Morgan fingerprint density at radius 2 is 1.07 bits per heavy atom. The molecule has 154 valence electrons. The van der Waals surface area contributed by atoms with Crippen molar-refractivity contribution >= 4 is 29.1 Å². The second-order valence-electron chi connectivity index (χ2n) is 8.57. The van der Waals surface area contributed by atoms with Crippen molar-refractivity contribution in [2.75, 3.05) is 10.6 Å². The van der Waals surface area contributed by atoms with Crippen LogP contribution in [0, 0.1) is 11.3 Å². The molecule has 0 radical (unpaired) electrons. The lowest BCUT2D eigenvalue weighted by Crippen LogP contribution is -2.54. The van der Waals surface area contributed by atoms with E-state index >= 15 is 0 Å². The number of nitrogens with one attached hydrogen (secondary N) is 3. The van der Waals surface area contributed by atoms with Crippen molar-refractivity contribution in [2.24, 2.45) is 11.3 Å². The van der Waals surface area contributed by atoms with E-state index in [1.807, 2.05) is 32.9 Å². The summed E-state index contributed by atoms with van der Waals surface area (Å²) >= 11 is 0. The monoisotopic (exact) mass is 395 g/mol. The van der Waals surface area contributed by atoms with Crippen molar-refractivity contribution in [3.05, 3.63) is 60.7 Å². The van der Waals surface area contributed by atoms with Crippen LogP contribution in [0.3, 0.4) is 0 Å². The molecule has 3 N–H and O–H groups in total. The van der Waals surface area contributed by atoms with E-state index in [0.717, 1.165) is 0 Å². The first-order valence-corrected chi connectivity index (χ1v) is 9.55. The zero-order chi connectivity index (χ0) is 21.7. The lowest BCUT2D eigenvalue weighted by atomic mass is 9.76. The molecule has 0 aliphatic heterocycles. The highest BCUT2D eigenvalue weighted by atomic mass is 16.2. The molecule has 0 saturated heterocycles. The Hall–Kier alpha value is -3.15. The Bertz CT molecular complexity index is 802. The van der Waals surface area contributed by atoms with E-state index in [-0.39, 0.29) is 5.91 Å². The highest BCUT2D eigenvalue weighted by Gasteiger charge is 2.46. The molecule has 2 aromatic carbocycles. The summed E-state index contributed by atoms with van der Waals surface area (Å²) < 4.78 is 0. The first kappa shape index (κ1) is 22.1. The Morgan fingerprint density at radius 3 is 1.41 bits per heavy atom. The normalized spacial score (nSPS) is 11.7. The van der Waals surface area contributed by atoms with E-state index in [9.17, 15) is 14.4 Å². The maximum Gasteiger partial charge on any atom is 0.238 e. The van der Waals surface area contributed by atoms with Crippen LogP contribution in [0.2, 0.25) is 0 Å². The van der Waals surface area contributed by atoms with Gasteiger partial charge in [-0.3, -0.25) is 14.4 Å². The fourth-order valence-electron chi connectivity index (χ4n) is 2.88. The summed E-state index contributed by atoms with van der Waals surface area (Å²) in [6.07, 6.45) is 0. The van der Waals surface area contributed by atoms with E-state index in [0.29, 0.717) is 11.4 Å². The molecular weight excluding hydrogens is 366 g/mol. The zero-order valence-electron chi connectivity index (χ0n) is 17.6. The summed E-state index contributed by atoms with van der Waals surface area (Å²) in [5, 5.41) is 8.38. The number of hydrogen-bond acceptors (Lipinski definition) is 3. The van der Waals surface area contributed by atoms with Crippen molar-refractivity contribution < 1.29 is 14.4 Å². The summed E-state index contributed by atoms with van der Waals surface area (Å²) in [7, 11) is 0. The molecule has 6 heteroatoms. The summed E-state index contributed by atoms with van der Waals surface area (Å²) in [4.78, 5) is 39.2. The third kappa shape index (κ3) is 6.17. The van der Waals surface area contributed by atoms with Crippen LogP contribution in [0.25, 0.3) is 0 Å². The lowest BCUT2D eigenvalue weighted by molar-refractivity contribution is -0.145. The smallest absolute Gasteiger partial charge is 0.238 e. The maximum atomic E-state index is 13.1. The van der Waals surface area contributed by atoms with Gasteiger partial charge in [-0.1, -0.05) is 36.4 Å². The van der Waals surface area contributed by atoms with E-state index in [1.165, 1.54) is 0 Å². The van der Waals surface area contributed by atoms with Gasteiger partial charge in [-0.05, 0) is 58.9 Å². The van der Waals surface area contributed by atoms with Gasteiger partial charge in [0.1, 0.15) is 5.92 Å². The van der Waals surface area contributed by atoms with Crippen molar-refractivity contribution in [3.63, 3.8) is 0 Å². The Kier molecular flexibility index (Phi) is 6.80. The largest absolute Gasteiger partial charge is 0.351 e. The number of anilines is 2. The molecule has 0 aromatic heterocycles. The average Bonchev–Trinajstić information content (AvgIpc) is 2.61. The molecule has 0 spiro atoms. The summed E-state index contributed by atoms with van der Waals surface area (Å²) in [6.45, 7) is 8.76. The zero-order valence-corrected chi connectivity index (χ0v) is 17.6. The summed E-state index contributed by atoms with van der Waals surface area (Å²) in [5.74, 6) is -2.70. The van der Waals surface area contributed by atoms with Gasteiger partial charge >= 0.3 is 0 Å². The predicted molar refractivity (Wildman–Crippen MR) is 115 cm³/mol. The standard InChI is InChI=1S/C23H29N3O3/c1-22(2,3)26-21(29)23(4,5)18(19(27)24-16-12-8-6-9-13-16)20(28)25-17-14-10-7-11-15-17/h6-15,18H,1-5H3,(H,24,27)(H,25,28)(H,26,29). The first-order valence-electron chi connectivity index (χ1n) is 9.55. The number of carbonyl (C=O) groups is 3. The van der Waals surface area contributed by atoms with Crippen LogP contribution in [-0.2, 0) is 14.4 Å². The number of rotatable bonds is 6. The fourth-order valence-corrected chi connectivity index (χ4v) is 2.88. The maximum absolute atomic E-state index is 13.1. The topological polar surface area (TPSA) is 87.3 Å². The van der Waals surface area contributed by atoms with E-state index in [2.05, 4.69) is 16.0 Å². The minimum atomic E-state index is -1.29. The molecule has 0 fully saturated rings. The van der Waals surface area contributed by atoms with E-state index in [1.54, 1.807) is 62.4 Å². The molecule has 0 unspecified atom stereocenters. The Balaban J connectivity index is 2.34. The number of carbonyl (C=O) groups excluding carboxylic acids is 3. The minimum Gasteiger partial charge on any atom is -0.351 e. The average molecular weight is 396 g/mol. The van der Waals surface area contributed by atoms with Crippen molar-refractivity contribution in [1.82, 2.24) is 5.32 Å². The van der Waals surface area contributed by atoms with Gasteiger partial charge in [0.25, 0.3) is 0 Å². The Labute approximate surface area is 172 Å². The van der Waals surface area contributed by atoms with Gasteiger partial charge in [0, 0.05) is 16.9 Å². The molecule has 0 aliphatic carbocycles. The predicted octanol–water partition coefficient (Wildman–Crippen LogP) is 3.82. The summed E-state index contributed by atoms with van der Waals surface area (Å²) in [6, 6.07) is 17.7. The Morgan fingerprint density at radius 1 is 0.690 bits per heavy atom. The SMILES string of the molecule is CC(C)(C)NC(=O)C(C)(C)C(C(=O)Nc1ccccc1)C(=O)Nc1ccccc1. The van der Waals surface area contributed by atoms with Crippen LogP contribution in [0.5, 0.6) is 0 Å². The molecule has 0 atom stereocenters. The summed E-state index contributed by atoms with van der Waals surface area (Å²) in [5.41, 5.74) is -0.667. The van der Waals surface area contributed by atoms with Gasteiger partial charge in [0.05, 0.1) is 5.41 Å². The number of benzene rings is 2. The van der Waals surface area contributed by atoms with Crippen LogP contribution in [0.15, 0.2) is 60.7 Å². The highest BCUT2D eigenvalue weighted by molar-refractivity contribution is 6.14. The van der Waals surface area contributed by atoms with Gasteiger partial charge in [-0.15, -0.1) is 0 Å². The number of para-hydroxylation sites is 2. The van der Waals surface area contributed by atoms with Crippen LogP contribution in [0.4, 0.5) is 11.4 Å². The van der Waals surface area contributed by atoms with Crippen LogP contribution < -0.4 is 16.0 Å². The second kappa shape index (κ2) is 8.90. The van der Waals surface area contributed by atoms with Gasteiger partial charge in [0.15, 0.2) is 0 Å². The molecule has 0 saturated carbocycles. The van der Waals surface area contributed by atoms with Crippen LogP contribution in [-0.4, -0.2) is 23.3 Å². The van der Waals surface area contributed by atoms with Crippen molar-refractivity contribution in [2.45, 2.75) is 40.2 Å². The number of hydrogen-bond donors (Lipinski definition) is 3. The van der Waals surface area contributed by atoms with E-state index in [4.69, 9.17) is 0 Å². The molecular formula is C23H29N3O3. The third-order valence-corrected chi connectivity index (χ3v) is 4.40. The third-order valence-electron chi connectivity index (χ3n) is 4.40. The van der Waals surface area contributed by atoms with Gasteiger partial charge in [-0.2, -0.15) is 0 Å². The lowest BCUT2D eigenvalue weighted by Gasteiger charge is -2.34. The van der Waals surface area contributed by atoms with Crippen LogP contribution in [0.1, 0.15) is 34.6 Å². The molecule has 6 nitrogen and oxygen atoms in total. The molecule has 2 aromatic rings. The second-order valence-corrected chi connectivity index (χ2v) is 8.57. The van der Waals surface area contributed by atoms with Gasteiger partial charge in [-0.25, -0.2) is 0 Å². The minimum absolute atomic E-state index is 0.374. The molecule has 2 rings (SSSR count). The molecule has 0 bridgehead atoms. The van der Waals surface area contributed by atoms with Crippen molar-refractivity contribution in [1.29, 1.82) is 0 Å². The van der Waals surface area contributed by atoms with Crippen LogP contribution >= 0.6 is 0 Å². The quantitative estimate of drug-likeness (QED) is 0.650. The van der Waals surface area contributed by atoms with Crippen molar-refractivity contribution in [3.8, 4) is 0 Å². The molecule has 29 heavy (non-hydrogen) atoms. The molecule has 3 amide bonds. The number of amides is 3. The molecule has 0 aliphatic rings.